The van der Waals surface area contributed by atoms with E-state index in [0.717, 1.165) is 5.56 Å². The second-order valence-electron chi connectivity index (χ2n) is 8.54. The van der Waals surface area contributed by atoms with E-state index in [9.17, 15) is 22.8 Å². The molecule has 4 rings (SSSR count). The molecule has 10 heteroatoms. The highest BCUT2D eigenvalue weighted by Crippen LogP contribution is 2.35. The maximum atomic E-state index is 13.2. The van der Waals surface area contributed by atoms with Gasteiger partial charge >= 0.3 is 12.2 Å². The Morgan fingerprint density at radius 1 is 1.09 bits per heavy atom. The summed E-state index contributed by atoms with van der Waals surface area (Å²) in [5, 5.41) is 5.30. The number of nitrogens with one attached hydrogen (secondary N) is 2. The molecule has 1 atom stereocenters. The van der Waals surface area contributed by atoms with Gasteiger partial charge in [0.05, 0.1) is 11.6 Å². The van der Waals surface area contributed by atoms with Gasteiger partial charge in [0.25, 0.3) is 5.91 Å². The Balaban J connectivity index is 1.61. The van der Waals surface area contributed by atoms with Gasteiger partial charge in [-0.2, -0.15) is 13.2 Å². The quantitative estimate of drug-likeness (QED) is 0.688. The zero-order chi connectivity index (χ0) is 24.5. The number of carbonyl (C=O) groups is 2. The van der Waals surface area contributed by atoms with Crippen molar-refractivity contribution in [2.75, 3.05) is 30.4 Å². The summed E-state index contributed by atoms with van der Waals surface area (Å²) in [5.74, 6) is -1.41. The van der Waals surface area contributed by atoms with Crippen LogP contribution < -0.4 is 15.5 Å². The summed E-state index contributed by atoms with van der Waals surface area (Å²) in [4.78, 5) is 33.6. The molecule has 0 radical (unpaired) electrons. The summed E-state index contributed by atoms with van der Waals surface area (Å²) in [6.45, 7) is 2.19. The third-order valence-corrected chi connectivity index (χ3v) is 6.12. The highest BCUT2D eigenvalue weighted by atomic mass is 19.4. The van der Waals surface area contributed by atoms with Crippen LogP contribution in [0.4, 0.5) is 29.3 Å². The molecule has 2 heterocycles. The number of carbonyl (C=O) groups excluding carboxylic acids is 2. The molecule has 2 aliphatic rings. The van der Waals surface area contributed by atoms with Gasteiger partial charge < -0.3 is 20.4 Å². The van der Waals surface area contributed by atoms with Gasteiger partial charge in [0.1, 0.15) is 5.84 Å². The summed E-state index contributed by atoms with van der Waals surface area (Å²) >= 11 is 0. The zero-order valence-corrected chi connectivity index (χ0v) is 18.9. The number of amidine groups is 1. The molecule has 2 aliphatic heterocycles. The molecule has 0 unspecified atom stereocenters. The predicted molar refractivity (Wildman–Crippen MR) is 124 cm³/mol. The Hall–Kier alpha value is -3.56. The number of hydrogen-bond donors (Lipinski definition) is 2. The second kappa shape index (κ2) is 9.36. The fourth-order valence-corrected chi connectivity index (χ4v) is 4.28. The molecule has 1 fully saturated rings. The number of benzodiazepines with no additional fused rings is 1. The first-order chi connectivity index (χ1) is 16.1. The number of urea groups is 1. The number of para-hydroxylation sites is 1. The molecule has 180 valence electrons. The van der Waals surface area contributed by atoms with Crippen molar-refractivity contribution in [3.05, 3.63) is 59.7 Å². The van der Waals surface area contributed by atoms with Crippen LogP contribution in [0, 0.1) is 12.8 Å². The number of piperidine rings is 1. The minimum absolute atomic E-state index is 0.0551. The molecule has 0 aromatic heterocycles. The Morgan fingerprint density at radius 3 is 2.47 bits per heavy atom. The summed E-state index contributed by atoms with van der Waals surface area (Å²) in [7, 11) is 1.59. The van der Waals surface area contributed by atoms with Crippen LogP contribution in [-0.2, 0) is 4.79 Å². The largest absolute Gasteiger partial charge is 0.391 e. The number of aliphatic imine (C=N–C) groups is 1. The van der Waals surface area contributed by atoms with Crippen LogP contribution >= 0.6 is 0 Å². The number of halogens is 3. The molecule has 2 aromatic carbocycles. The third-order valence-electron chi connectivity index (χ3n) is 6.12. The van der Waals surface area contributed by atoms with Crippen LogP contribution in [0.25, 0.3) is 0 Å². The van der Waals surface area contributed by atoms with Crippen molar-refractivity contribution < 1.29 is 22.8 Å². The number of hydrogen-bond acceptors (Lipinski definition) is 4. The van der Waals surface area contributed by atoms with Crippen LogP contribution in [0.1, 0.15) is 24.0 Å². The number of nitrogens with zero attached hydrogens (tertiary/aromatic N) is 3. The zero-order valence-electron chi connectivity index (χ0n) is 18.9. The molecule has 0 bridgehead atoms. The number of likely N-dealkylation sites (N-methyl/N-ethyl adjacent to an activating group) is 1. The average molecular weight is 473 g/mol. The van der Waals surface area contributed by atoms with E-state index >= 15 is 0 Å². The van der Waals surface area contributed by atoms with Crippen molar-refractivity contribution in [3.8, 4) is 0 Å². The van der Waals surface area contributed by atoms with E-state index in [-0.39, 0.29) is 25.9 Å². The molecule has 1 saturated heterocycles. The summed E-state index contributed by atoms with van der Waals surface area (Å²) in [6, 6.07) is 13.7. The monoisotopic (exact) mass is 473 g/mol. The molecule has 0 aliphatic carbocycles. The van der Waals surface area contributed by atoms with Crippen molar-refractivity contribution in [1.29, 1.82) is 0 Å². The lowest BCUT2D eigenvalue weighted by molar-refractivity contribution is -0.183. The van der Waals surface area contributed by atoms with Gasteiger partial charge in [-0.15, -0.1) is 0 Å². The van der Waals surface area contributed by atoms with Crippen LogP contribution in [-0.4, -0.2) is 55.2 Å². The van der Waals surface area contributed by atoms with E-state index in [1.54, 1.807) is 54.4 Å². The van der Waals surface area contributed by atoms with Gasteiger partial charge in [-0.1, -0.05) is 24.3 Å². The molecule has 3 amide bonds. The average Bonchev–Trinajstić information content (AvgIpc) is 2.89. The maximum Gasteiger partial charge on any atom is 0.391 e. The highest BCUT2D eigenvalue weighted by molar-refractivity contribution is 6.12. The fraction of sp³-hybridized carbons (Fsp3) is 0.375. The van der Waals surface area contributed by atoms with E-state index in [0.29, 0.717) is 22.8 Å². The Kier molecular flexibility index (Phi) is 6.49. The molecule has 2 aromatic rings. The Labute approximate surface area is 195 Å². The molecule has 0 spiro atoms. The topological polar surface area (TPSA) is 77.0 Å². The molecular weight excluding hydrogens is 447 g/mol. The number of likely N-dealkylation sites (tertiary alicyclic amines) is 1. The number of amides is 3. The number of fused-ring (bicyclic) bond motifs is 1. The molecule has 34 heavy (non-hydrogen) atoms. The van der Waals surface area contributed by atoms with Gasteiger partial charge in [0.15, 0.2) is 0 Å². The molecular formula is C24H26F3N5O2. The first-order valence-corrected chi connectivity index (χ1v) is 11.0. The van der Waals surface area contributed by atoms with Crippen LogP contribution in [0.15, 0.2) is 53.5 Å². The van der Waals surface area contributed by atoms with Crippen molar-refractivity contribution in [2.45, 2.75) is 32.1 Å². The van der Waals surface area contributed by atoms with E-state index in [1.807, 2.05) is 13.0 Å². The van der Waals surface area contributed by atoms with Gasteiger partial charge in [0.2, 0.25) is 6.17 Å². The molecule has 2 N–H and O–H groups in total. The summed E-state index contributed by atoms with van der Waals surface area (Å²) < 4.78 is 39.5. The molecule has 7 nitrogen and oxygen atoms in total. The standard InChI is InChI=1S/C24H26F3N5O2/c1-15-6-5-7-17(14-15)28-23(34)30-20-22(33)31(2)19-9-4-3-8-18(19)21(29-20)32-12-10-16(11-13-32)24(25,26)27/h3-9,14,16,20H,10-13H2,1-2H3,(H2,28,30,34)/t20-/m0/s1. The number of aryl methyl sites for hydroxylation is 1. The minimum atomic E-state index is -4.23. The van der Waals surface area contributed by atoms with Crippen molar-refractivity contribution >= 4 is 29.1 Å². The summed E-state index contributed by atoms with van der Waals surface area (Å²) in [5.41, 5.74) is 2.73. The normalized spacial score (nSPS) is 19.3. The van der Waals surface area contributed by atoms with Gasteiger partial charge in [-0.05, 0) is 49.6 Å². The van der Waals surface area contributed by atoms with Crippen LogP contribution in [0.2, 0.25) is 0 Å². The highest BCUT2D eigenvalue weighted by Gasteiger charge is 2.42. The van der Waals surface area contributed by atoms with E-state index < -0.39 is 30.2 Å². The lowest BCUT2D eigenvalue weighted by Gasteiger charge is -2.35. The minimum Gasteiger partial charge on any atom is -0.356 e. The van der Waals surface area contributed by atoms with Crippen LogP contribution in [0.3, 0.4) is 0 Å². The van der Waals surface area contributed by atoms with Crippen molar-refractivity contribution in [2.24, 2.45) is 10.9 Å². The smallest absolute Gasteiger partial charge is 0.356 e. The van der Waals surface area contributed by atoms with Gasteiger partial charge in [-0.3, -0.25) is 4.79 Å². The fourth-order valence-electron chi connectivity index (χ4n) is 4.28. The lowest BCUT2D eigenvalue weighted by Crippen LogP contribution is -2.48. The predicted octanol–water partition coefficient (Wildman–Crippen LogP) is 4.14. The lowest BCUT2D eigenvalue weighted by atomic mass is 9.95. The van der Waals surface area contributed by atoms with Crippen molar-refractivity contribution in [1.82, 2.24) is 10.2 Å². The molecule has 0 saturated carbocycles. The maximum absolute atomic E-state index is 13.2. The van der Waals surface area contributed by atoms with Gasteiger partial charge in [0, 0.05) is 31.4 Å². The van der Waals surface area contributed by atoms with Gasteiger partial charge in [-0.25, -0.2) is 9.79 Å². The number of anilines is 2. The SMILES string of the molecule is Cc1cccc(NC(=O)N[C@@H]2N=C(N3CCC(C(F)(F)F)CC3)c3ccccc3N(C)C2=O)c1. The number of alkyl halides is 3. The first kappa shape index (κ1) is 23.6. The number of rotatable bonds is 2. The second-order valence-corrected chi connectivity index (χ2v) is 8.54. The Morgan fingerprint density at radius 2 is 1.79 bits per heavy atom. The van der Waals surface area contributed by atoms with Crippen LogP contribution in [0.5, 0.6) is 0 Å². The van der Waals surface area contributed by atoms with Crippen molar-refractivity contribution in [3.63, 3.8) is 0 Å². The van der Waals surface area contributed by atoms with E-state index in [2.05, 4.69) is 15.6 Å². The third kappa shape index (κ3) is 5.00. The Bertz CT molecular complexity index is 1110. The summed E-state index contributed by atoms with van der Waals surface area (Å²) in [6.07, 6.45) is -5.58. The van der Waals surface area contributed by atoms with E-state index in [4.69, 9.17) is 0 Å². The van der Waals surface area contributed by atoms with E-state index in [1.165, 1.54) is 4.90 Å². The number of benzene rings is 2. The first-order valence-electron chi connectivity index (χ1n) is 11.0.